The van der Waals surface area contributed by atoms with Crippen LogP contribution in [0, 0.1) is 0 Å². The third-order valence-corrected chi connectivity index (χ3v) is 9.10. The van der Waals surface area contributed by atoms with Gasteiger partial charge in [-0.25, -0.2) is 9.59 Å². The molecule has 0 aromatic heterocycles. The van der Waals surface area contributed by atoms with Crippen LogP contribution in [0.15, 0.2) is 48.5 Å². The van der Waals surface area contributed by atoms with Crippen molar-refractivity contribution in [2.75, 3.05) is 47.0 Å². The van der Waals surface area contributed by atoms with Crippen molar-refractivity contribution in [3.63, 3.8) is 0 Å². The molecule has 2 saturated heterocycles. The Morgan fingerprint density at radius 3 is 2.12 bits per heavy atom. The molecule has 52 heavy (non-hydrogen) atoms. The molecule has 3 atom stereocenters. The van der Waals surface area contributed by atoms with Crippen LogP contribution in [-0.2, 0) is 55.9 Å². The van der Waals surface area contributed by atoms with Gasteiger partial charge in [-0.05, 0) is 55.5 Å². The zero-order chi connectivity index (χ0) is 38.3. The van der Waals surface area contributed by atoms with E-state index in [1.807, 2.05) is 0 Å². The molecule has 2 fully saturated rings. The highest BCUT2D eigenvalue weighted by molar-refractivity contribution is 5.80. The monoisotopic (exact) mass is 748 g/mol. The standard InChI is InChI=1S/C34H38F6N2O10/c1-22(24-15-26(33(35,36)37)17-27(16-24)34(38,39)40)49-19-32(25-7-5-4-6-8-25)12-11-31(18-41(32)29(45)52-21-51-23(2)43)10-9-28(44)42(31)20-50-30(46)48-14-13-47-3/h4-8,15-17,22H,9-14,18-21H2,1-3H3/t22-,31-,32-/m1/s1. The van der Waals surface area contributed by atoms with Crippen molar-refractivity contribution in [1.29, 1.82) is 0 Å². The average molecular weight is 749 g/mol. The number of hydrogen-bond donors (Lipinski definition) is 0. The first-order valence-electron chi connectivity index (χ1n) is 16.0. The van der Waals surface area contributed by atoms with E-state index in [1.165, 1.54) is 23.8 Å². The maximum atomic E-state index is 13.9. The van der Waals surface area contributed by atoms with Crippen molar-refractivity contribution in [2.24, 2.45) is 0 Å². The zero-order valence-corrected chi connectivity index (χ0v) is 28.5. The largest absolute Gasteiger partial charge is 0.510 e. The minimum Gasteiger partial charge on any atom is -0.432 e. The summed E-state index contributed by atoms with van der Waals surface area (Å²) in [6.45, 7) is 0.361. The van der Waals surface area contributed by atoms with Gasteiger partial charge < -0.3 is 33.3 Å². The summed E-state index contributed by atoms with van der Waals surface area (Å²) in [6, 6.07) is 9.46. The molecular formula is C34H38F6N2O10. The van der Waals surface area contributed by atoms with Gasteiger partial charge in [0.15, 0.2) is 6.73 Å². The van der Waals surface area contributed by atoms with Gasteiger partial charge >= 0.3 is 30.6 Å². The van der Waals surface area contributed by atoms with Crippen molar-refractivity contribution < 1.29 is 73.9 Å². The number of amides is 2. The van der Waals surface area contributed by atoms with Crippen LogP contribution in [-0.4, -0.2) is 86.5 Å². The Morgan fingerprint density at radius 1 is 0.865 bits per heavy atom. The van der Waals surface area contributed by atoms with E-state index >= 15 is 0 Å². The summed E-state index contributed by atoms with van der Waals surface area (Å²) in [6.07, 6.45) is -13.2. The maximum absolute atomic E-state index is 13.9. The van der Waals surface area contributed by atoms with Crippen LogP contribution in [0.5, 0.6) is 0 Å². The first-order chi connectivity index (χ1) is 24.4. The summed E-state index contributed by atoms with van der Waals surface area (Å²) < 4.78 is 113. The maximum Gasteiger partial charge on any atom is 0.510 e. The van der Waals surface area contributed by atoms with Crippen LogP contribution in [0.25, 0.3) is 0 Å². The molecule has 12 nitrogen and oxygen atoms in total. The Morgan fingerprint density at radius 2 is 1.52 bits per heavy atom. The van der Waals surface area contributed by atoms with Crippen molar-refractivity contribution in [3.8, 4) is 0 Å². The fourth-order valence-corrected chi connectivity index (χ4v) is 6.31. The lowest BCUT2D eigenvalue weighted by Gasteiger charge is -2.54. The normalized spacial score (nSPS) is 21.2. The molecule has 2 heterocycles. The summed E-state index contributed by atoms with van der Waals surface area (Å²) in [5.41, 5.74) is -5.57. The van der Waals surface area contributed by atoms with Gasteiger partial charge in [0.05, 0.1) is 41.5 Å². The first-order valence-corrected chi connectivity index (χ1v) is 16.0. The number of hydrogen-bond acceptors (Lipinski definition) is 10. The highest BCUT2D eigenvalue weighted by atomic mass is 19.4. The van der Waals surface area contributed by atoms with Crippen molar-refractivity contribution in [1.82, 2.24) is 9.80 Å². The Labute approximate surface area is 294 Å². The van der Waals surface area contributed by atoms with E-state index in [0.717, 1.165) is 6.92 Å². The van der Waals surface area contributed by atoms with Crippen molar-refractivity contribution in [2.45, 2.75) is 69.1 Å². The van der Waals surface area contributed by atoms with E-state index in [9.17, 15) is 45.5 Å². The fourth-order valence-electron chi connectivity index (χ4n) is 6.31. The minimum absolute atomic E-state index is 0.0147. The van der Waals surface area contributed by atoms with Gasteiger partial charge in [-0.2, -0.15) is 26.3 Å². The molecule has 2 aromatic rings. The number of carbonyl (C=O) groups is 4. The van der Waals surface area contributed by atoms with E-state index in [2.05, 4.69) is 0 Å². The Bertz CT molecular complexity index is 1560. The molecule has 4 rings (SSSR count). The van der Waals surface area contributed by atoms with E-state index in [4.69, 9.17) is 28.4 Å². The molecule has 1 spiro atoms. The Kier molecular flexibility index (Phi) is 12.7. The highest BCUT2D eigenvalue weighted by Gasteiger charge is 2.57. The van der Waals surface area contributed by atoms with Crippen molar-refractivity contribution in [3.05, 3.63) is 70.8 Å². The summed E-state index contributed by atoms with van der Waals surface area (Å²) in [5, 5.41) is 0. The van der Waals surface area contributed by atoms with Crippen molar-refractivity contribution >= 4 is 24.1 Å². The molecule has 2 aliphatic rings. The second-order valence-corrected chi connectivity index (χ2v) is 12.4. The number of ether oxygens (including phenoxy) is 6. The first kappa shape index (κ1) is 40.2. The molecule has 2 aromatic carbocycles. The van der Waals surface area contributed by atoms with Crippen LogP contribution in [0.2, 0.25) is 0 Å². The van der Waals surface area contributed by atoms with E-state index in [-0.39, 0.29) is 57.4 Å². The molecule has 2 amide bonds. The Balaban J connectivity index is 1.71. The number of methoxy groups -OCH3 is 1. The van der Waals surface area contributed by atoms with Gasteiger partial charge in [-0.1, -0.05) is 30.3 Å². The summed E-state index contributed by atoms with van der Waals surface area (Å²) in [4.78, 5) is 53.2. The number of likely N-dealkylation sites (tertiary alicyclic amines) is 2. The van der Waals surface area contributed by atoms with Gasteiger partial charge in [0, 0.05) is 27.0 Å². The average Bonchev–Trinajstić information content (AvgIpc) is 3.39. The molecule has 2 aliphatic heterocycles. The van der Waals surface area contributed by atoms with Gasteiger partial charge in [0.25, 0.3) is 0 Å². The SMILES string of the molecule is COCCOC(=O)OCN1C(=O)CC[C@]12CC[C@@](CO[C@H](C)c1cc(C(F)(F)F)cc(C(F)(F)F)c1)(c1ccccc1)N(C(=O)OCOC(C)=O)C2. The topological polar surface area (TPSA) is 130 Å². The van der Waals surface area contributed by atoms with Gasteiger partial charge in [0.2, 0.25) is 12.7 Å². The van der Waals surface area contributed by atoms with Gasteiger partial charge in [-0.15, -0.1) is 0 Å². The molecule has 18 heteroatoms. The van der Waals surface area contributed by atoms with E-state index in [0.29, 0.717) is 17.7 Å². The lowest BCUT2D eigenvalue weighted by atomic mass is 9.73. The molecule has 0 radical (unpaired) electrons. The summed E-state index contributed by atoms with van der Waals surface area (Å²) in [7, 11) is 1.41. The van der Waals surface area contributed by atoms with Crippen LogP contribution in [0.3, 0.4) is 0 Å². The molecule has 0 aliphatic carbocycles. The highest BCUT2D eigenvalue weighted by Crippen LogP contribution is 2.48. The molecule has 0 saturated carbocycles. The quantitative estimate of drug-likeness (QED) is 0.102. The predicted molar refractivity (Wildman–Crippen MR) is 166 cm³/mol. The van der Waals surface area contributed by atoms with Crippen LogP contribution >= 0.6 is 0 Å². The molecular weight excluding hydrogens is 710 g/mol. The van der Waals surface area contributed by atoms with E-state index in [1.54, 1.807) is 30.3 Å². The molecule has 0 unspecified atom stereocenters. The number of rotatable bonds is 12. The van der Waals surface area contributed by atoms with E-state index < -0.39 is 84.6 Å². The number of halogens is 6. The Hall–Kier alpha value is -4.58. The number of piperidine rings is 1. The predicted octanol–water partition coefficient (Wildman–Crippen LogP) is 6.57. The third-order valence-electron chi connectivity index (χ3n) is 9.10. The number of esters is 1. The lowest BCUT2D eigenvalue weighted by Crippen LogP contribution is -2.66. The number of nitrogens with zero attached hydrogens (tertiary/aromatic N) is 2. The molecule has 0 N–H and O–H groups in total. The summed E-state index contributed by atoms with van der Waals surface area (Å²) in [5.74, 6) is -1.14. The van der Waals surface area contributed by atoms with Crippen LogP contribution in [0.1, 0.15) is 67.9 Å². The molecule has 0 bridgehead atoms. The lowest BCUT2D eigenvalue weighted by molar-refractivity contribution is -0.154. The number of carbonyl (C=O) groups excluding carboxylic acids is 4. The summed E-state index contributed by atoms with van der Waals surface area (Å²) >= 11 is 0. The van der Waals surface area contributed by atoms with Gasteiger partial charge in [0.1, 0.15) is 6.61 Å². The fraction of sp³-hybridized carbons (Fsp3) is 0.529. The minimum atomic E-state index is -5.09. The number of alkyl halides is 6. The third kappa shape index (κ3) is 9.44. The van der Waals surface area contributed by atoms with Crippen LogP contribution in [0.4, 0.5) is 35.9 Å². The zero-order valence-electron chi connectivity index (χ0n) is 28.5. The second kappa shape index (κ2) is 16.4. The van der Waals surface area contributed by atoms with Gasteiger partial charge in [-0.3, -0.25) is 14.5 Å². The molecule has 286 valence electrons. The second-order valence-electron chi connectivity index (χ2n) is 12.4. The number of benzene rings is 2. The van der Waals surface area contributed by atoms with Crippen LogP contribution < -0.4 is 0 Å². The smallest absolute Gasteiger partial charge is 0.432 e.